The molecule has 0 radical (unpaired) electrons. The molecule has 7 heteroatoms. The summed E-state index contributed by atoms with van der Waals surface area (Å²) in [5, 5.41) is 2.75. The van der Waals surface area contributed by atoms with Gasteiger partial charge >= 0.3 is 6.09 Å². The van der Waals surface area contributed by atoms with Gasteiger partial charge in [-0.1, -0.05) is 25.0 Å². The molecule has 3 aliphatic heterocycles. The van der Waals surface area contributed by atoms with Gasteiger partial charge in [-0.25, -0.2) is 14.8 Å². The van der Waals surface area contributed by atoms with Gasteiger partial charge in [0.05, 0.1) is 0 Å². The maximum Gasteiger partial charge on any atom is 0.411 e. The van der Waals surface area contributed by atoms with E-state index < -0.39 is 6.09 Å². The molecule has 180 valence electrons. The zero-order chi connectivity index (χ0) is 23.7. The molecule has 1 N–H and O–H groups in total. The SMILES string of the molecule is CC(=O)c1cccc(NC(=O)OCC2CC3CCN2CC3c2cc(C3CCCC3)nc(C)n2)c1. The third-order valence-corrected chi connectivity index (χ3v) is 7.83. The molecule has 7 nitrogen and oxygen atoms in total. The lowest BCUT2D eigenvalue weighted by atomic mass is 9.74. The molecule has 4 heterocycles. The number of anilines is 1. The molecular formula is C27H34N4O3. The molecule has 1 aromatic carbocycles. The first-order valence-corrected chi connectivity index (χ1v) is 12.6. The number of rotatable bonds is 6. The van der Waals surface area contributed by atoms with Gasteiger partial charge in [-0.05, 0) is 70.2 Å². The van der Waals surface area contributed by atoms with Crippen molar-refractivity contribution in [3.8, 4) is 0 Å². The van der Waals surface area contributed by atoms with Crippen LogP contribution in [-0.2, 0) is 4.74 Å². The Bertz CT molecular complexity index is 1070. The Kier molecular flexibility index (Phi) is 6.63. The summed E-state index contributed by atoms with van der Waals surface area (Å²) in [6.07, 6.45) is 6.80. The Morgan fingerprint density at radius 1 is 1.12 bits per heavy atom. The smallest absolute Gasteiger partial charge is 0.411 e. The summed E-state index contributed by atoms with van der Waals surface area (Å²) in [5.41, 5.74) is 3.57. The number of benzene rings is 1. The number of hydrogen-bond donors (Lipinski definition) is 1. The minimum absolute atomic E-state index is 0.0353. The van der Waals surface area contributed by atoms with Gasteiger partial charge in [0, 0.05) is 47.1 Å². The zero-order valence-corrected chi connectivity index (χ0v) is 20.1. The number of hydrogen-bond acceptors (Lipinski definition) is 6. The summed E-state index contributed by atoms with van der Waals surface area (Å²) in [6.45, 7) is 5.90. The number of aryl methyl sites for hydroxylation is 1. The van der Waals surface area contributed by atoms with Crippen molar-refractivity contribution in [3.63, 3.8) is 0 Å². The molecule has 2 bridgehead atoms. The summed E-state index contributed by atoms with van der Waals surface area (Å²) >= 11 is 0. The van der Waals surface area contributed by atoms with Gasteiger partial charge in [0.2, 0.25) is 0 Å². The second-order valence-electron chi connectivity index (χ2n) is 10.1. The Labute approximate surface area is 201 Å². The number of nitrogens with one attached hydrogen (secondary N) is 1. The quantitative estimate of drug-likeness (QED) is 0.603. The summed E-state index contributed by atoms with van der Waals surface area (Å²) in [6, 6.07) is 9.44. The van der Waals surface area contributed by atoms with Gasteiger partial charge in [0.1, 0.15) is 12.4 Å². The first-order chi connectivity index (χ1) is 16.5. The molecule has 6 rings (SSSR count). The zero-order valence-electron chi connectivity index (χ0n) is 20.1. The molecule has 34 heavy (non-hydrogen) atoms. The standard InChI is InChI=1S/C27H34N4O3/c1-17(32)20-8-5-9-22(12-20)30-27(33)34-16-23-13-21-10-11-31(23)15-24(21)26-14-25(28-18(2)29-26)19-6-3-4-7-19/h5,8-9,12,14,19,21,23-24H,3-4,6-7,10-11,13,15-16H2,1-2H3,(H,30,33). The molecule has 4 aliphatic rings. The maximum atomic E-state index is 12.4. The fraction of sp³-hybridized carbons (Fsp3) is 0.556. The number of fused-ring (bicyclic) bond motifs is 3. The van der Waals surface area contributed by atoms with E-state index in [1.165, 1.54) is 44.0 Å². The van der Waals surface area contributed by atoms with Crippen molar-refractivity contribution in [2.75, 3.05) is 25.0 Å². The van der Waals surface area contributed by atoms with Gasteiger partial charge < -0.3 is 4.74 Å². The predicted octanol–water partition coefficient (Wildman–Crippen LogP) is 5.07. The van der Waals surface area contributed by atoms with E-state index in [1.807, 2.05) is 6.92 Å². The van der Waals surface area contributed by atoms with Crippen molar-refractivity contribution in [3.05, 3.63) is 53.1 Å². The van der Waals surface area contributed by atoms with E-state index in [1.54, 1.807) is 24.3 Å². The van der Waals surface area contributed by atoms with Crippen LogP contribution < -0.4 is 5.32 Å². The number of amides is 1. The average Bonchev–Trinajstić information content (AvgIpc) is 3.38. The number of carbonyl (C=O) groups is 2. The third kappa shape index (κ3) is 4.99. The number of nitrogens with zero attached hydrogens (tertiary/aromatic N) is 3. The van der Waals surface area contributed by atoms with Crippen LogP contribution in [0, 0.1) is 12.8 Å². The van der Waals surface area contributed by atoms with E-state index in [0.717, 1.165) is 31.8 Å². The lowest BCUT2D eigenvalue weighted by Crippen LogP contribution is -2.54. The molecule has 3 saturated heterocycles. The predicted molar refractivity (Wildman–Crippen MR) is 130 cm³/mol. The Balaban J connectivity index is 1.19. The highest BCUT2D eigenvalue weighted by molar-refractivity contribution is 5.96. The van der Waals surface area contributed by atoms with Crippen LogP contribution in [0.5, 0.6) is 0 Å². The monoisotopic (exact) mass is 462 g/mol. The molecule has 1 saturated carbocycles. The van der Waals surface area contributed by atoms with Crippen LogP contribution >= 0.6 is 0 Å². The van der Waals surface area contributed by atoms with E-state index >= 15 is 0 Å². The second kappa shape index (κ2) is 9.82. The first kappa shape index (κ1) is 23.0. The largest absolute Gasteiger partial charge is 0.448 e. The number of ketones is 1. The summed E-state index contributed by atoms with van der Waals surface area (Å²) in [5.74, 6) is 2.43. The Hall–Kier alpha value is -2.80. The van der Waals surface area contributed by atoms with Gasteiger partial charge in [-0.2, -0.15) is 0 Å². The van der Waals surface area contributed by atoms with Crippen molar-refractivity contribution in [1.29, 1.82) is 0 Å². The Morgan fingerprint density at radius 2 is 1.91 bits per heavy atom. The van der Waals surface area contributed by atoms with E-state index in [0.29, 0.717) is 35.6 Å². The number of ether oxygens (including phenoxy) is 1. The van der Waals surface area contributed by atoms with E-state index in [9.17, 15) is 9.59 Å². The van der Waals surface area contributed by atoms with Crippen LogP contribution in [0.25, 0.3) is 0 Å². The highest BCUT2D eigenvalue weighted by Gasteiger charge is 2.42. The molecule has 0 spiro atoms. The molecule has 1 aromatic heterocycles. The highest BCUT2D eigenvalue weighted by atomic mass is 16.5. The topological polar surface area (TPSA) is 84.4 Å². The van der Waals surface area contributed by atoms with Crippen molar-refractivity contribution in [2.45, 2.75) is 70.3 Å². The summed E-state index contributed by atoms with van der Waals surface area (Å²) in [4.78, 5) is 36.0. The van der Waals surface area contributed by atoms with E-state index in [2.05, 4.69) is 16.3 Å². The van der Waals surface area contributed by atoms with Gasteiger partial charge in [-0.3, -0.25) is 15.0 Å². The van der Waals surface area contributed by atoms with Gasteiger partial charge in [0.25, 0.3) is 0 Å². The van der Waals surface area contributed by atoms with Crippen molar-refractivity contribution < 1.29 is 14.3 Å². The number of aromatic nitrogens is 2. The molecule has 4 unspecified atom stereocenters. The van der Waals surface area contributed by atoms with Crippen LogP contribution in [0.4, 0.5) is 10.5 Å². The Morgan fingerprint density at radius 3 is 2.65 bits per heavy atom. The summed E-state index contributed by atoms with van der Waals surface area (Å²) in [7, 11) is 0. The average molecular weight is 463 g/mol. The molecule has 4 atom stereocenters. The van der Waals surface area contributed by atoms with Crippen molar-refractivity contribution in [1.82, 2.24) is 14.9 Å². The van der Waals surface area contributed by atoms with Crippen LogP contribution in [-0.4, -0.2) is 52.5 Å². The van der Waals surface area contributed by atoms with E-state index in [-0.39, 0.29) is 11.8 Å². The van der Waals surface area contributed by atoms with Crippen LogP contribution in [0.3, 0.4) is 0 Å². The van der Waals surface area contributed by atoms with Crippen LogP contribution in [0.1, 0.15) is 84.9 Å². The van der Waals surface area contributed by atoms with Crippen molar-refractivity contribution >= 4 is 17.6 Å². The minimum Gasteiger partial charge on any atom is -0.448 e. The van der Waals surface area contributed by atoms with Crippen molar-refractivity contribution in [2.24, 2.45) is 5.92 Å². The molecule has 4 fully saturated rings. The third-order valence-electron chi connectivity index (χ3n) is 7.83. The molecule has 2 aromatic rings. The lowest BCUT2D eigenvalue weighted by Gasteiger charge is -2.49. The highest BCUT2D eigenvalue weighted by Crippen LogP contribution is 2.42. The number of piperidine rings is 3. The van der Waals surface area contributed by atoms with Crippen LogP contribution in [0.15, 0.2) is 30.3 Å². The van der Waals surface area contributed by atoms with Gasteiger partial charge in [0.15, 0.2) is 5.78 Å². The summed E-state index contributed by atoms with van der Waals surface area (Å²) < 4.78 is 5.58. The normalized spacial score (nSPS) is 26.4. The van der Waals surface area contributed by atoms with Gasteiger partial charge in [-0.15, -0.1) is 0 Å². The molecular weight excluding hydrogens is 428 g/mol. The van der Waals surface area contributed by atoms with E-state index in [4.69, 9.17) is 14.7 Å². The molecule has 1 amide bonds. The lowest BCUT2D eigenvalue weighted by molar-refractivity contribution is -0.00155. The second-order valence-corrected chi connectivity index (χ2v) is 10.1. The minimum atomic E-state index is -0.479. The first-order valence-electron chi connectivity index (χ1n) is 12.6. The fourth-order valence-electron chi connectivity index (χ4n) is 6.02. The van der Waals surface area contributed by atoms with Crippen LogP contribution in [0.2, 0.25) is 0 Å². The number of Topliss-reactive ketones (excluding diaryl/α,β-unsaturated/α-hetero) is 1. The maximum absolute atomic E-state index is 12.4. The number of carbonyl (C=O) groups excluding carboxylic acids is 2. The molecule has 1 aliphatic carbocycles. The fourth-order valence-corrected chi connectivity index (χ4v) is 6.02.